The normalized spacial score (nSPS) is 42.8. The minimum atomic E-state index is -0.860. The highest BCUT2D eigenvalue weighted by Crippen LogP contribution is 2.57. The number of hydrogen-bond donors (Lipinski definition) is 2. The van der Waals surface area contributed by atoms with Gasteiger partial charge in [0.2, 0.25) is 0 Å². The standard InChI is InChI=1S/C20H26O6/c1-6-9(2)18(23)25-13-8-20(5)14(22)7-12(21)10(3)16(20)17-15(13)11(4)19(24)26-17/h6,12-17,21-22H,3-4,7-8H2,1-2,5H3/b9-6-/t12-,13+,14+,15+,16-,17-,20-/m0/s1. The van der Waals surface area contributed by atoms with Gasteiger partial charge in [-0.1, -0.05) is 26.2 Å². The largest absolute Gasteiger partial charge is 0.458 e. The van der Waals surface area contributed by atoms with Crippen LogP contribution in [0.3, 0.4) is 0 Å². The number of aliphatic hydroxyl groups excluding tert-OH is 2. The fourth-order valence-corrected chi connectivity index (χ4v) is 4.66. The number of carbonyl (C=O) groups is 2. The van der Waals surface area contributed by atoms with Crippen molar-refractivity contribution in [1.29, 1.82) is 0 Å². The summed E-state index contributed by atoms with van der Waals surface area (Å²) in [5, 5.41) is 20.9. The number of rotatable bonds is 2. The Bertz CT molecular complexity index is 707. The van der Waals surface area contributed by atoms with Gasteiger partial charge in [0.25, 0.3) is 0 Å². The van der Waals surface area contributed by atoms with E-state index in [2.05, 4.69) is 13.2 Å². The van der Waals surface area contributed by atoms with Crippen LogP contribution in [0.1, 0.15) is 33.6 Å². The second-order valence-corrected chi connectivity index (χ2v) is 7.87. The number of carbonyl (C=O) groups excluding carboxylic acids is 2. The van der Waals surface area contributed by atoms with E-state index < -0.39 is 53.6 Å². The monoisotopic (exact) mass is 362 g/mol. The first-order valence-electron chi connectivity index (χ1n) is 8.90. The average molecular weight is 362 g/mol. The topological polar surface area (TPSA) is 93.1 Å². The lowest BCUT2D eigenvalue weighted by atomic mass is 9.53. The molecule has 7 atom stereocenters. The van der Waals surface area contributed by atoms with Gasteiger partial charge in [-0.15, -0.1) is 0 Å². The van der Waals surface area contributed by atoms with E-state index in [1.54, 1.807) is 19.9 Å². The van der Waals surface area contributed by atoms with E-state index in [0.717, 1.165) is 0 Å². The highest BCUT2D eigenvalue weighted by molar-refractivity contribution is 5.92. The van der Waals surface area contributed by atoms with Crippen molar-refractivity contribution in [1.82, 2.24) is 0 Å². The Labute approximate surface area is 153 Å². The molecule has 6 heteroatoms. The molecule has 1 heterocycles. The Balaban J connectivity index is 2.01. The van der Waals surface area contributed by atoms with E-state index >= 15 is 0 Å². The molecule has 0 radical (unpaired) electrons. The number of esters is 2. The molecular weight excluding hydrogens is 336 g/mol. The summed E-state index contributed by atoms with van der Waals surface area (Å²) < 4.78 is 11.2. The van der Waals surface area contributed by atoms with Gasteiger partial charge >= 0.3 is 11.9 Å². The fourth-order valence-electron chi connectivity index (χ4n) is 4.66. The summed E-state index contributed by atoms with van der Waals surface area (Å²) in [6.07, 6.45) is -0.830. The molecule has 2 N–H and O–H groups in total. The van der Waals surface area contributed by atoms with E-state index in [4.69, 9.17) is 9.47 Å². The molecule has 26 heavy (non-hydrogen) atoms. The summed E-state index contributed by atoms with van der Waals surface area (Å²) in [4.78, 5) is 24.5. The Morgan fingerprint density at radius 2 is 2.04 bits per heavy atom. The zero-order chi connectivity index (χ0) is 19.4. The second-order valence-electron chi connectivity index (χ2n) is 7.87. The van der Waals surface area contributed by atoms with Crippen LogP contribution in [-0.4, -0.2) is 46.6 Å². The van der Waals surface area contributed by atoms with Gasteiger partial charge < -0.3 is 19.7 Å². The molecule has 0 amide bonds. The molecule has 6 nitrogen and oxygen atoms in total. The molecule has 2 saturated carbocycles. The Hall–Kier alpha value is -1.92. The predicted octanol–water partition coefficient (Wildman–Crippen LogP) is 1.67. The number of aliphatic hydroxyl groups is 2. The molecule has 0 bridgehead atoms. The van der Waals surface area contributed by atoms with Crippen molar-refractivity contribution in [3.05, 3.63) is 36.0 Å². The predicted molar refractivity (Wildman–Crippen MR) is 93.8 cm³/mol. The Kier molecular flexibility index (Phi) is 4.61. The molecule has 0 aromatic heterocycles. The number of allylic oxidation sites excluding steroid dienone is 1. The molecule has 0 unspecified atom stereocenters. The second kappa shape index (κ2) is 6.35. The van der Waals surface area contributed by atoms with E-state index in [1.165, 1.54) is 0 Å². The summed E-state index contributed by atoms with van der Waals surface area (Å²) in [5.74, 6) is -1.93. The van der Waals surface area contributed by atoms with Crippen molar-refractivity contribution in [3.63, 3.8) is 0 Å². The van der Waals surface area contributed by atoms with Crippen molar-refractivity contribution in [2.75, 3.05) is 0 Å². The molecular formula is C20H26O6. The van der Waals surface area contributed by atoms with Crippen molar-refractivity contribution >= 4 is 11.9 Å². The van der Waals surface area contributed by atoms with Gasteiger partial charge in [0.15, 0.2) is 0 Å². The van der Waals surface area contributed by atoms with Crippen molar-refractivity contribution < 1.29 is 29.3 Å². The van der Waals surface area contributed by atoms with E-state index in [-0.39, 0.29) is 12.0 Å². The van der Waals surface area contributed by atoms with Crippen LogP contribution in [0.4, 0.5) is 0 Å². The van der Waals surface area contributed by atoms with Crippen LogP contribution in [0.15, 0.2) is 36.0 Å². The van der Waals surface area contributed by atoms with Crippen LogP contribution in [0.25, 0.3) is 0 Å². The summed E-state index contributed by atoms with van der Waals surface area (Å²) in [5.41, 5.74) is 0.547. The molecule has 3 fully saturated rings. The van der Waals surface area contributed by atoms with E-state index in [9.17, 15) is 19.8 Å². The third kappa shape index (κ3) is 2.63. The minimum Gasteiger partial charge on any atom is -0.458 e. The highest BCUT2D eigenvalue weighted by Gasteiger charge is 2.63. The maximum atomic E-state index is 12.3. The summed E-state index contributed by atoms with van der Waals surface area (Å²) >= 11 is 0. The minimum absolute atomic E-state index is 0.159. The van der Waals surface area contributed by atoms with Gasteiger partial charge in [-0.3, -0.25) is 0 Å². The lowest BCUT2D eigenvalue weighted by molar-refractivity contribution is -0.181. The van der Waals surface area contributed by atoms with Crippen LogP contribution in [0.5, 0.6) is 0 Å². The molecule has 1 saturated heterocycles. The highest BCUT2D eigenvalue weighted by atomic mass is 16.6. The summed E-state index contributed by atoms with van der Waals surface area (Å²) in [6.45, 7) is 13.1. The molecule has 0 aromatic rings. The summed E-state index contributed by atoms with van der Waals surface area (Å²) in [7, 11) is 0. The van der Waals surface area contributed by atoms with Crippen LogP contribution in [-0.2, 0) is 19.1 Å². The zero-order valence-corrected chi connectivity index (χ0v) is 15.4. The SMILES string of the molecule is C=C1C(=O)O[C@H]2[C@H]1[C@H](OC(=O)/C(C)=C\C)C[C@@]1(C)[C@H](O)C[C@H](O)C(=C)[C@@H]21. The molecule has 1 aliphatic heterocycles. The van der Waals surface area contributed by atoms with Gasteiger partial charge in [-0.2, -0.15) is 0 Å². The molecule has 142 valence electrons. The lowest BCUT2D eigenvalue weighted by Gasteiger charge is -2.55. The van der Waals surface area contributed by atoms with Crippen LogP contribution in [0, 0.1) is 17.3 Å². The van der Waals surface area contributed by atoms with Gasteiger partial charge in [0, 0.05) is 28.9 Å². The quantitative estimate of drug-likeness (QED) is 0.441. The van der Waals surface area contributed by atoms with Crippen molar-refractivity contribution in [2.24, 2.45) is 17.3 Å². The Morgan fingerprint density at radius 1 is 1.38 bits per heavy atom. The molecule has 3 aliphatic rings. The molecule has 0 spiro atoms. The Morgan fingerprint density at radius 3 is 2.65 bits per heavy atom. The fraction of sp³-hybridized carbons (Fsp3) is 0.600. The first-order valence-corrected chi connectivity index (χ1v) is 8.90. The third-order valence-electron chi connectivity index (χ3n) is 6.39. The van der Waals surface area contributed by atoms with E-state index in [0.29, 0.717) is 17.6 Å². The number of ether oxygens (including phenoxy) is 2. The van der Waals surface area contributed by atoms with E-state index in [1.807, 2.05) is 6.92 Å². The molecule has 2 aliphatic carbocycles. The lowest BCUT2D eigenvalue weighted by Crippen LogP contribution is -2.60. The van der Waals surface area contributed by atoms with Gasteiger partial charge in [0.1, 0.15) is 12.2 Å². The maximum Gasteiger partial charge on any atom is 0.334 e. The zero-order valence-electron chi connectivity index (χ0n) is 15.4. The first kappa shape index (κ1) is 18.9. The van der Waals surface area contributed by atoms with Crippen LogP contribution < -0.4 is 0 Å². The number of hydrogen-bond acceptors (Lipinski definition) is 6. The smallest absolute Gasteiger partial charge is 0.334 e. The third-order valence-corrected chi connectivity index (χ3v) is 6.39. The van der Waals surface area contributed by atoms with Crippen LogP contribution >= 0.6 is 0 Å². The molecule has 3 rings (SSSR count). The average Bonchev–Trinajstić information content (AvgIpc) is 2.87. The van der Waals surface area contributed by atoms with Gasteiger partial charge in [0.05, 0.1) is 18.1 Å². The first-order chi connectivity index (χ1) is 12.1. The molecule has 0 aromatic carbocycles. The van der Waals surface area contributed by atoms with Crippen molar-refractivity contribution in [2.45, 2.75) is 58.0 Å². The van der Waals surface area contributed by atoms with Gasteiger partial charge in [-0.25, -0.2) is 9.59 Å². The summed E-state index contributed by atoms with van der Waals surface area (Å²) in [6, 6.07) is 0. The van der Waals surface area contributed by atoms with Crippen LogP contribution in [0.2, 0.25) is 0 Å². The van der Waals surface area contributed by atoms with Crippen molar-refractivity contribution in [3.8, 4) is 0 Å². The van der Waals surface area contributed by atoms with Gasteiger partial charge in [-0.05, 0) is 25.8 Å². The number of fused-ring (bicyclic) bond motifs is 3. The maximum absolute atomic E-state index is 12.3.